The zero-order valence-corrected chi connectivity index (χ0v) is 12.3. The Balaban J connectivity index is 1.54. The fourth-order valence-corrected chi connectivity index (χ4v) is 3.99. The molecule has 3 heterocycles. The van der Waals surface area contributed by atoms with Gasteiger partial charge < -0.3 is 4.90 Å². The summed E-state index contributed by atoms with van der Waals surface area (Å²) in [7, 11) is 0. The van der Waals surface area contributed by atoms with Crippen LogP contribution in [0.3, 0.4) is 0 Å². The van der Waals surface area contributed by atoms with E-state index in [1.54, 1.807) is 6.20 Å². The van der Waals surface area contributed by atoms with Crippen LogP contribution in [0.5, 0.6) is 0 Å². The minimum absolute atomic E-state index is 0.122. The minimum Gasteiger partial charge on any atom is -0.333 e. The molecule has 2 atom stereocenters. The number of fused-ring (bicyclic) bond motifs is 1. The molecule has 1 saturated heterocycles. The molecular formula is C15H18N6O. The topological polar surface area (TPSA) is 87.7 Å². The molecule has 0 radical (unpaired) electrons. The van der Waals surface area contributed by atoms with Gasteiger partial charge in [-0.1, -0.05) is 11.3 Å². The monoisotopic (exact) mass is 298 g/mol. The molecular weight excluding hydrogens is 280 g/mol. The summed E-state index contributed by atoms with van der Waals surface area (Å²) in [6, 6.07) is 4.06. The quantitative estimate of drug-likeness (QED) is 0.912. The Morgan fingerprint density at radius 2 is 2.41 bits per heavy atom. The van der Waals surface area contributed by atoms with Gasteiger partial charge in [-0.05, 0) is 36.8 Å². The van der Waals surface area contributed by atoms with Crippen LogP contribution in [0.4, 0.5) is 0 Å². The summed E-state index contributed by atoms with van der Waals surface area (Å²) >= 11 is 0. The van der Waals surface area contributed by atoms with E-state index in [-0.39, 0.29) is 11.4 Å². The highest BCUT2D eigenvalue weighted by Crippen LogP contribution is 2.56. The number of amides is 1. The first-order valence-electron chi connectivity index (χ1n) is 7.74. The lowest BCUT2D eigenvalue weighted by molar-refractivity contribution is -0.140. The van der Waals surface area contributed by atoms with Gasteiger partial charge in [-0.25, -0.2) is 0 Å². The largest absolute Gasteiger partial charge is 0.333 e. The van der Waals surface area contributed by atoms with Crippen molar-refractivity contribution in [2.75, 3.05) is 6.54 Å². The predicted molar refractivity (Wildman–Crippen MR) is 77.5 cm³/mol. The van der Waals surface area contributed by atoms with Gasteiger partial charge >= 0.3 is 0 Å². The highest BCUT2D eigenvalue weighted by molar-refractivity contribution is 5.78. The first-order valence-corrected chi connectivity index (χ1v) is 7.74. The maximum absolute atomic E-state index is 12.7. The second-order valence-electron chi connectivity index (χ2n) is 6.06. The van der Waals surface area contributed by atoms with E-state index in [9.17, 15) is 4.79 Å². The molecule has 4 rings (SSSR count). The Labute approximate surface area is 128 Å². The van der Waals surface area contributed by atoms with Crippen molar-refractivity contribution in [2.45, 2.75) is 37.6 Å². The molecule has 7 nitrogen and oxygen atoms in total. The van der Waals surface area contributed by atoms with Crippen LogP contribution in [0.2, 0.25) is 0 Å². The third-order valence-electron chi connectivity index (χ3n) is 5.15. The molecule has 0 unspecified atom stereocenters. The number of hydrogen-bond donors (Lipinski definition) is 1. The average molecular weight is 298 g/mol. The first-order chi connectivity index (χ1) is 10.8. The van der Waals surface area contributed by atoms with Gasteiger partial charge in [-0.2, -0.15) is 5.21 Å². The van der Waals surface area contributed by atoms with Gasteiger partial charge in [0.05, 0.1) is 5.54 Å². The number of likely N-dealkylation sites (tertiary alicyclic amines) is 1. The molecule has 1 N–H and O–H groups in total. The number of carbonyl (C=O) groups excluding carboxylic acids is 1. The first kappa shape index (κ1) is 13.4. The summed E-state index contributed by atoms with van der Waals surface area (Å²) in [6.45, 7) is 0.838. The average Bonchev–Trinajstić information content (AvgIpc) is 3.13. The molecule has 2 aliphatic rings. The van der Waals surface area contributed by atoms with E-state index >= 15 is 0 Å². The van der Waals surface area contributed by atoms with Crippen LogP contribution in [0, 0.1) is 5.92 Å². The number of carbonyl (C=O) groups is 1. The number of nitrogens with zero attached hydrogens (tertiary/aromatic N) is 5. The Bertz CT molecular complexity index is 658. The minimum atomic E-state index is -0.122. The maximum Gasteiger partial charge on any atom is 0.223 e. The SMILES string of the molecule is O=C(CCc1nn[nH]n1)N1CC[C@@H]2CC[C@@]21c1cccnc1. The summed E-state index contributed by atoms with van der Waals surface area (Å²) in [6.07, 6.45) is 7.97. The van der Waals surface area contributed by atoms with Gasteiger partial charge in [0.2, 0.25) is 5.91 Å². The van der Waals surface area contributed by atoms with E-state index in [0.29, 0.717) is 24.6 Å². The zero-order valence-electron chi connectivity index (χ0n) is 12.3. The molecule has 0 aromatic carbocycles. The van der Waals surface area contributed by atoms with E-state index in [2.05, 4.69) is 36.6 Å². The molecule has 2 aromatic rings. The fraction of sp³-hybridized carbons (Fsp3) is 0.533. The molecule has 114 valence electrons. The molecule has 1 saturated carbocycles. The second-order valence-corrected chi connectivity index (χ2v) is 6.06. The zero-order chi connectivity index (χ0) is 15.0. The highest BCUT2D eigenvalue weighted by atomic mass is 16.2. The lowest BCUT2D eigenvalue weighted by Gasteiger charge is -2.50. The van der Waals surface area contributed by atoms with Crippen LogP contribution in [0.25, 0.3) is 0 Å². The van der Waals surface area contributed by atoms with E-state index in [4.69, 9.17) is 0 Å². The Morgan fingerprint density at radius 3 is 3.09 bits per heavy atom. The summed E-state index contributed by atoms with van der Waals surface area (Å²) < 4.78 is 0. The molecule has 1 aliphatic heterocycles. The lowest BCUT2D eigenvalue weighted by atomic mass is 9.64. The van der Waals surface area contributed by atoms with Gasteiger partial charge in [-0.15, -0.1) is 10.2 Å². The predicted octanol–water partition coefficient (Wildman–Crippen LogP) is 1.07. The summed E-state index contributed by atoms with van der Waals surface area (Å²) in [5.74, 6) is 1.34. The third-order valence-corrected chi connectivity index (χ3v) is 5.15. The molecule has 22 heavy (non-hydrogen) atoms. The summed E-state index contributed by atoms with van der Waals surface area (Å²) in [5.41, 5.74) is 1.06. The van der Waals surface area contributed by atoms with Crippen LogP contribution in [-0.2, 0) is 16.8 Å². The summed E-state index contributed by atoms with van der Waals surface area (Å²) in [4.78, 5) is 19.0. The van der Waals surface area contributed by atoms with Crippen molar-refractivity contribution < 1.29 is 4.79 Å². The van der Waals surface area contributed by atoms with Crippen LogP contribution in [-0.4, -0.2) is 43.0 Å². The standard InChI is InChI=1S/C15H18N6O/c22-14(4-3-13-17-19-20-18-13)21-9-6-11-5-7-15(11,21)12-2-1-8-16-10-12/h1-2,8,10-11H,3-7,9H2,(H,17,18,19,20)/t11-,15-/m0/s1. The van der Waals surface area contributed by atoms with Crippen LogP contribution < -0.4 is 0 Å². The molecule has 2 fully saturated rings. The fourth-order valence-electron chi connectivity index (χ4n) is 3.99. The normalized spacial score (nSPS) is 26.5. The van der Waals surface area contributed by atoms with Gasteiger partial charge in [0, 0.05) is 31.8 Å². The Morgan fingerprint density at radius 1 is 1.45 bits per heavy atom. The number of aromatic nitrogens is 5. The van der Waals surface area contributed by atoms with Crippen LogP contribution in [0.1, 0.15) is 37.1 Å². The Hall–Kier alpha value is -2.31. The smallest absolute Gasteiger partial charge is 0.223 e. The molecule has 1 amide bonds. The van der Waals surface area contributed by atoms with Gasteiger partial charge in [0.1, 0.15) is 0 Å². The van der Waals surface area contributed by atoms with E-state index < -0.39 is 0 Å². The number of aromatic amines is 1. The molecule has 0 bridgehead atoms. The third kappa shape index (κ3) is 1.92. The van der Waals surface area contributed by atoms with E-state index in [0.717, 1.165) is 19.4 Å². The van der Waals surface area contributed by atoms with E-state index in [1.165, 1.54) is 12.0 Å². The number of pyridine rings is 1. The highest BCUT2D eigenvalue weighted by Gasteiger charge is 2.57. The van der Waals surface area contributed by atoms with Gasteiger partial charge in [0.15, 0.2) is 5.82 Å². The van der Waals surface area contributed by atoms with Gasteiger partial charge in [0.25, 0.3) is 0 Å². The Kier molecular flexibility index (Phi) is 3.13. The van der Waals surface area contributed by atoms with Crippen molar-refractivity contribution in [3.05, 3.63) is 35.9 Å². The lowest BCUT2D eigenvalue weighted by Crippen LogP contribution is -2.53. The van der Waals surface area contributed by atoms with Crippen molar-refractivity contribution in [2.24, 2.45) is 5.92 Å². The van der Waals surface area contributed by atoms with E-state index in [1.807, 2.05) is 12.3 Å². The maximum atomic E-state index is 12.7. The van der Waals surface area contributed by atoms with Crippen molar-refractivity contribution in [1.82, 2.24) is 30.5 Å². The number of nitrogens with one attached hydrogen (secondary N) is 1. The van der Waals surface area contributed by atoms with Crippen molar-refractivity contribution in [3.63, 3.8) is 0 Å². The number of aryl methyl sites for hydroxylation is 1. The molecule has 2 aromatic heterocycles. The molecule has 1 aliphatic carbocycles. The van der Waals surface area contributed by atoms with Crippen molar-refractivity contribution in [1.29, 1.82) is 0 Å². The van der Waals surface area contributed by atoms with Gasteiger partial charge in [-0.3, -0.25) is 9.78 Å². The number of rotatable bonds is 4. The van der Waals surface area contributed by atoms with Crippen LogP contribution >= 0.6 is 0 Å². The molecule has 0 spiro atoms. The number of tetrazole rings is 1. The van der Waals surface area contributed by atoms with Crippen LogP contribution in [0.15, 0.2) is 24.5 Å². The van der Waals surface area contributed by atoms with Crippen molar-refractivity contribution in [3.8, 4) is 0 Å². The number of hydrogen-bond acceptors (Lipinski definition) is 5. The number of H-pyrrole nitrogens is 1. The molecule has 7 heteroatoms. The summed E-state index contributed by atoms with van der Waals surface area (Å²) in [5, 5.41) is 13.8. The second kappa shape index (κ2) is 5.15. The van der Waals surface area contributed by atoms with Crippen molar-refractivity contribution >= 4 is 5.91 Å².